The molecule has 0 spiro atoms. The summed E-state index contributed by atoms with van der Waals surface area (Å²) in [6.45, 7) is 1.55. The van der Waals surface area contributed by atoms with Crippen LogP contribution in [0.25, 0.3) is 0 Å². The molecule has 2 rings (SSSR count). The monoisotopic (exact) mass is 327 g/mol. The minimum atomic E-state index is -0.225. The van der Waals surface area contributed by atoms with Crippen LogP contribution < -0.4 is 5.32 Å². The van der Waals surface area contributed by atoms with E-state index in [0.29, 0.717) is 30.2 Å². The number of carbonyl (C=O) groups excluding carboxylic acids is 1. The van der Waals surface area contributed by atoms with Crippen molar-refractivity contribution in [3.63, 3.8) is 0 Å². The fraction of sp³-hybridized carbons (Fsp3) is 0.308. The first kappa shape index (κ1) is 13.9. The van der Waals surface area contributed by atoms with Crippen LogP contribution in [-0.2, 0) is 11.3 Å². The third-order valence-corrected chi connectivity index (χ3v) is 2.80. The van der Waals surface area contributed by atoms with Gasteiger partial charge < -0.3 is 18.9 Å². The molecule has 6 heteroatoms. The zero-order chi connectivity index (χ0) is 13.5. The molecule has 0 fully saturated rings. The van der Waals surface area contributed by atoms with Crippen LogP contribution in [0.3, 0.4) is 0 Å². The number of halogens is 1. The van der Waals surface area contributed by atoms with E-state index in [2.05, 4.69) is 21.2 Å². The molecule has 0 aromatic carbocycles. The van der Waals surface area contributed by atoms with E-state index in [-0.39, 0.29) is 5.91 Å². The molecule has 1 N–H and O–H groups in total. The van der Waals surface area contributed by atoms with E-state index in [9.17, 15) is 4.79 Å². The van der Waals surface area contributed by atoms with E-state index in [1.807, 2.05) is 12.1 Å². The van der Waals surface area contributed by atoms with E-state index in [1.54, 1.807) is 18.4 Å². The maximum atomic E-state index is 11.6. The Balaban J connectivity index is 1.55. The highest BCUT2D eigenvalue weighted by Gasteiger charge is 2.08. The Kier molecular flexibility index (Phi) is 5.23. The van der Waals surface area contributed by atoms with Gasteiger partial charge in [-0.3, -0.25) is 4.79 Å². The molecule has 2 heterocycles. The highest BCUT2D eigenvalue weighted by molar-refractivity contribution is 9.10. The number of carbonyl (C=O) groups is 1. The van der Waals surface area contributed by atoms with Gasteiger partial charge in [0.05, 0.1) is 6.26 Å². The van der Waals surface area contributed by atoms with Crippen molar-refractivity contribution in [1.29, 1.82) is 0 Å². The summed E-state index contributed by atoms with van der Waals surface area (Å²) >= 11 is 3.15. The summed E-state index contributed by atoms with van der Waals surface area (Å²) in [5, 5.41) is 2.75. The van der Waals surface area contributed by atoms with Crippen molar-refractivity contribution in [3.05, 3.63) is 46.7 Å². The Hall–Kier alpha value is -1.53. The molecule has 0 aliphatic rings. The largest absolute Gasteiger partial charge is 0.467 e. The Morgan fingerprint density at radius 2 is 2.26 bits per heavy atom. The fourth-order valence-electron chi connectivity index (χ4n) is 1.47. The van der Waals surface area contributed by atoms with Crippen molar-refractivity contribution in [1.82, 2.24) is 5.32 Å². The molecule has 0 aliphatic carbocycles. The minimum absolute atomic E-state index is 0.225. The van der Waals surface area contributed by atoms with Gasteiger partial charge in [0.15, 0.2) is 10.4 Å². The number of furan rings is 2. The zero-order valence-corrected chi connectivity index (χ0v) is 11.8. The molecule has 0 saturated carbocycles. The summed E-state index contributed by atoms with van der Waals surface area (Å²) in [7, 11) is 0. The second-order valence-corrected chi connectivity index (χ2v) is 4.63. The fourth-order valence-corrected chi connectivity index (χ4v) is 1.77. The summed E-state index contributed by atoms with van der Waals surface area (Å²) in [6, 6.07) is 6.98. The minimum Gasteiger partial charge on any atom is -0.467 e. The van der Waals surface area contributed by atoms with Crippen molar-refractivity contribution >= 4 is 21.8 Å². The summed E-state index contributed by atoms with van der Waals surface area (Å²) in [4.78, 5) is 11.6. The highest BCUT2D eigenvalue weighted by atomic mass is 79.9. The maximum absolute atomic E-state index is 11.6. The van der Waals surface area contributed by atoms with Crippen LogP contribution in [0, 0.1) is 0 Å². The van der Waals surface area contributed by atoms with Gasteiger partial charge in [0.2, 0.25) is 0 Å². The molecule has 19 heavy (non-hydrogen) atoms. The first-order valence-electron chi connectivity index (χ1n) is 5.89. The van der Waals surface area contributed by atoms with Crippen LogP contribution in [0.15, 0.2) is 44.0 Å². The molecule has 2 aromatic heterocycles. The molecule has 0 bridgehead atoms. The zero-order valence-electron chi connectivity index (χ0n) is 10.2. The molecule has 0 unspecified atom stereocenters. The molecular formula is C13H14BrNO4. The van der Waals surface area contributed by atoms with Crippen LogP contribution in [0.4, 0.5) is 0 Å². The SMILES string of the molecule is O=C(NCCCOCc1ccco1)c1ccc(Br)o1. The van der Waals surface area contributed by atoms with Gasteiger partial charge in [-0.05, 0) is 46.6 Å². The number of hydrogen-bond acceptors (Lipinski definition) is 4. The Morgan fingerprint density at radius 3 is 2.95 bits per heavy atom. The lowest BCUT2D eigenvalue weighted by Crippen LogP contribution is -2.24. The number of amides is 1. The van der Waals surface area contributed by atoms with Crippen molar-refractivity contribution in [2.45, 2.75) is 13.0 Å². The van der Waals surface area contributed by atoms with E-state index in [0.717, 1.165) is 12.2 Å². The second kappa shape index (κ2) is 7.16. The lowest BCUT2D eigenvalue weighted by Gasteiger charge is -2.04. The summed E-state index contributed by atoms with van der Waals surface area (Å²) in [5.41, 5.74) is 0. The van der Waals surface area contributed by atoms with E-state index in [1.165, 1.54) is 0 Å². The molecule has 102 valence electrons. The van der Waals surface area contributed by atoms with Crippen molar-refractivity contribution in [3.8, 4) is 0 Å². The molecule has 2 aromatic rings. The smallest absolute Gasteiger partial charge is 0.287 e. The molecule has 0 aliphatic heterocycles. The Bertz CT molecular complexity index is 506. The molecule has 1 amide bonds. The van der Waals surface area contributed by atoms with Crippen molar-refractivity contribution in [2.75, 3.05) is 13.2 Å². The highest BCUT2D eigenvalue weighted by Crippen LogP contribution is 2.13. The van der Waals surface area contributed by atoms with Crippen LogP contribution >= 0.6 is 15.9 Å². The molecule has 0 atom stereocenters. The van der Waals surface area contributed by atoms with Gasteiger partial charge >= 0.3 is 0 Å². The standard InChI is InChI=1S/C13H14BrNO4/c14-12-5-4-11(19-12)13(16)15-6-2-7-17-9-10-3-1-8-18-10/h1,3-5,8H,2,6-7,9H2,(H,15,16). The van der Waals surface area contributed by atoms with Gasteiger partial charge in [0, 0.05) is 13.2 Å². The van der Waals surface area contributed by atoms with E-state index < -0.39 is 0 Å². The van der Waals surface area contributed by atoms with Gasteiger partial charge in [-0.25, -0.2) is 0 Å². The molecular weight excluding hydrogens is 314 g/mol. The molecule has 5 nitrogen and oxygen atoms in total. The van der Waals surface area contributed by atoms with Gasteiger partial charge in [-0.15, -0.1) is 0 Å². The van der Waals surface area contributed by atoms with Gasteiger partial charge in [0.1, 0.15) is 12.4 Å². The summed E-state index contributed by atoms with van der Waals surface area (Å²) in [6.07, 6.45) is 2.34. The maximum Gasteiger partial charge on any atom is 0.287 e. The lowest BCUT2D eigenvalue weighted by molar-refractivity contribution is 0.0893. The Labute approximate surface area is 119 Å². The van der Waals surface area contributed by atoms with Crippen LogP contribution in [0.2, 0.25) is 0 Å². The van der Waals surface area contributed by atoms with E-state index >= 15 is 0 Å². The van der Waals surface area contributed by atoms with Gasteiger partial charge in [-0.2, -0.15) is 0 Å². The molecule has 0 saturated heterocycles. The quantitative estimate of drug-likeness (QED) is 0.794. The predicted molar refractivity (Wildman–Crippen MR) is 71.7 cm³/mol. The predicted octanol–water partition coefficient (Wildman–Crippen LogP) is 2.97. The number of ether oxygens (including phenoxy) is 1. The summed E-state index contributed by atoms with van der Waals surface area (Å²) in [5.74, 6) is 0.865. The lowest BCUT2D eigenvalue weighted by atomic mass is 10.4. The van der Waals surface area contributed by atoms with E-state index in [4.69, 9.17) is 13.6 Å². The van der Waals surface area contributed by atoms with Crippen LogP contribution in [0.5, 0.6) is 0 Å². The third-order valence-electron chi connectivity index (χ3n) is 2.37. The average molecular weight is 328 g/mol. The Morgan fingerprint density at radius 1 is 1.37 bits per heavy atom. The first-order chi connectivity index (χ1) is 9.25. The normalized spacial score (nSPS) is 10.6. The van der Waals surface area contributed by atoms with Gasteiger partial charge in [-0.1, -0.05) is 0 Å². The summed E-state index contributed by atoms with van der Waals surface area (Å²) < 4.78 is 16.2. The number of rotatable bonds is 7. The molecule has 0 radical (unpaired) electrons. The number of nitrogens with one attached hydrogen (secondary N) is 1. The van der Waals surface area contributed by atoms with Crippen LogP contribution in [0.1, 0.15) is 22.7 Å². The van der Waals surface area contributed by atoms with Crippen LogP contribution in [-0.4, -0.2) is 19.1 Å². The van der Waals surface area contributed by atoms with Crippen molar-refractivity contribution in [2.24, 2.45) is 0 Å². The average Bonchev–Trinajstić information content (AvgIpc) is 3.04. The second-order valence-electron chi connectivity index (χ2n) is 3.85. The van der Waals surface area contributed by atoms with Gasteiger partial charge in [0.25, 0.3) is 5.91 Å². The topological polar surface area (TPSA) is 64.6 Å². The number of hydrogen-bond donors (Lipinski definition) is 1. The van der Waals surface area contributed by atoms with Crippen molar-refractivity contribution < 1.29 is 18.4 Å². The first-order valence-corrected chi connectivity index (χ1v) is 6.68. The third kappa shape index (κ3) is 4.57.